The fourth-order valence-electron chi connectivity index (χ4n) is 2.11. The van der Waals surface area contributed by atoms with Gasteiger partial charge in [-0.25, -0.2) is 4.68 Å². The van der Waals surface area contributed by atoms with Crippen molar-refractivity contribution in [3.8, 4) is 17.1 Å². The lowest BCUT2D eigenvalue weighted by atomic mass is 10.2. The van der Waals surface area contributed by atoms with E-state index in [9.17, 15) is 18.0 Å². The Morgan fingerprint density at radius 3 is 2.68 bits per heavy atom. The minimum atomic E-state index is -4.70. The van der Waals surface area contributed by atoms with Crippen molar-refractivity contribution in [2.45, 2.75) is 6.18 Å². The predicted molar refractivity (Wildman–Crippen MR) is 83.5 cm³/mol. The van der Waals surface area contributed by atoms with Crippen molar-refractivity contribution in [2.24, 2.45) is 0 Å². The topological polar surface area (TPSA) is 61.9 Å². The van der Waals surface area contributed by atoms with Crippen LogP contribution in [-0.2, 0) is 6.18 Å². The first-order valence-corrected chi connectivity index (χ1v) is 7.03. The average molecular weight is 374 g/mol. The molecule has 130 valence electrons. The molecule has 0 saturated carbocycles. The minimum absolute atomic E-state index is 0.0483. The summed E-state index contributed by atoms with van der Waals surface area (Å²) in [5, 5.41) is 6.71. The standard InChI is InChI=1S/C15H10ClF3N4O2/c1-25-10-3-5-14(24)22(7-10)12-6-9(16)2-4-11(12)23-8-13(20-21-23)15(17,18)19/h2-8H,1H3/i1D3. The summed E-state index contributed by atoms with van der Waals surface area (Å²) in [6.07, 6.45) is -2.96. The number of ether oxygens (including phenoxy) is 1. The first-order chi connectivity index (χ1) is 12.9. The van der Waals surface area contributed by atoms with Crippen molar-refractivity contribution in [1.29, 1.82) is 0 Å². The monoisotopic (exact) mass is 373 g/mol. The average Bonchev–Trinajstić information content (AvgIpc) is 3.05. The van der Waals surface area contributed by atoms with Crippen LogP contribution in [-0.4, -0.2) is 26.6 Å². The summed E-state index contributed by atoms with van der Waals surface area (Å²) in [5.74, 6) is -0.153. The number of pyridine rings is 1. The van der Waals surface area contributed by atoms with Crippen molar-refractivity contribution in [1.82, 2.24) is 19.6 Å². The smallest absolute Gasteiger partial charge is 0.436 e. The summed E-state index contributed by atoms with van der Waals surface area (Å²) < 4.78 is 66.5. The van der Waals surface area contributed by atoms with Gasteiger partial charge in [-0.1, -0.05) is 16.8 Å². The molecule has 0 aliphatic rings. The number of benzene rings is 1. The molecule has 0 bridgehead atoms. The van der Waals surface area contributed by atoms with Crippen LogP contribution in [0.1, 0.15) is 9.81 Å². The Morgan fingerprint density at radius 1 is 1.20 bits per heavy atom. The largest absolute Gasteiger partial charge is 0.495 e. The second-order valence-electron chi connectivity index (χ2n) is 4.85. The highest BCUT2D eigenvalue weighted by Crippen LogP contribution is 2.29. The molecule has 0 saturated heterocycles. The number of rotatable bonds is 3. The third-order valence-electron chi connectivity index (χ3n) is 3.23. The number of hydrogen-bond acceptors (Lipinski definition) is 4. The van der Waals surface area contributed by atoms with E-state index >= 15 is 0 Å². The van der Waals surface area contributed by atoms with Gasteiger partial charge in [0.2, 0.25) is 0 Å². The summed E-state index contributed by atoms with van der Waals surface area (Å²) in [6, 6.07) is 6.26. The Labute approximate surface area is 148 Å². The van der Waals surface area contributed by atoms with Crippen LogP contribution in [0.15, 0.2) is 47.5 Å². The lowest BCUT2D eigenvalue weighted by Crippen LogP contribution is -2.18. The molecule has 3 rings (SSSR count). The van der Waals surface area contributed by atoms with Gasteiger partial charge in [-0.3, -0.25) is 9.36 Å². The molecule has 0 atom stereocenters. The van der Waals surface area contributed by atoms with E-state index in [2.05, 4.69) is 10.3 Å². The summed E-state index contributed by atoms with van der Waals surface area (Å²) in [6.45, 7) is 0. The van der Waals surface area contributed by atoms with Gasteiger partial charge < -0.3 is 4.74 Å². The Bertz CT molecular complexity index is 1080. The quantitative estimate of drug-likeness (QED) is 0.707. The zero-order valence-electron chi connectivity index (χ0n) is 15.2. The summed E-state index contributed by atoms with van der Waals surface area (Å²) in [4.78, 5) is 12.3. The summed E-state index contributed by atoms with van der Waals surface area (Å²) in [5.41, 5.74) is -1.72. The molecule has 0 spiro atoms. The molecule has 0 fully saturated rings. The normalized spacial score (nSPS) is 13.8. The Kier molecular flexibility index (Phi) is 3.37. The number of nitrogens with zero attached hydrogens (tertiary/aromatic N) is 4. The van der Waals surface area contributed by atoms with Gasteiger partial charge in [0.25, 0.3) is 5.56 Å². The molecule has 0 aliphatic heterocycles. The highest BCUT2D eigenvalue weighted by atomic mass is 35.5. The Balaban J connectivity index is 2.16. The minimum Gasteiger partial charge on any atom is -0.495 e. The van der Waals surface area contributed by atoms with Gasteiger partial charge in [0.05, 0.1) is 34.9 Å². The number of halogens is 4. The van der Waals surface area contributed by atoms with E-state index in [1.54, 1.807) is 0 Å². The van der Waals surface area contributed by atoms with Gasteiger partial charge in [0, 0.05) is 11.1 Å². The molecule has 25 heavy (non-hydrogen) atoms. The van der Waals surface area contributed by atoms with E-state index < -0.39 is 24.5 Å². The molecule has 0 radical (unpaired) electrons. The zero-order valence-corrected chi connectivity index (χ0v) is 12.9. The van der Waals surface area contributed by atoms with E-state index in [1.807, 2.05) is 0 Å². The van der Waals surface area contributed by atoms with Gasteiger partial charge in [-0.2, -0.15) is 13.2 Å². The first kappa shape index (κ1) is 13.5. The number of methoxy groups -OCH3 is 1. The molecule has 1 aromatic carbocycles. The maximum absolute atomic E-state index is 12.8. The van der Waals surface area contributed by atoms with Gasteiger partial charge in [0.15, 0.2) is 5.69 Å². The Morgan fingerprint density at radius 2 is 2.00 bits per heavy atom. The van der Waals surface area contributed by atoms with E-state index in [0.717, 1.165) is 27.6 Å². The van der Waals surface area contributed by atoms with E-state index in [1.165, 1.54) is 18.2 Å². The zero-order chi connectivity index (χ0) is 20.7. The van der Waals surface area contributed by atoms with Crippen molar-refractivity contribution in [2.75, 3.05) is 7.04 Å². The fourth-order valence-corrected chi connectivity index (χ4v) is 2.28. The second kappa shape index (κ2) is 6.25. The second-order valence-corrected chi connectivity index (χ2v) is 5.29. The number of alkyl halides is 3. The maximum Gasteiger partial charge on any atom is 0.436 e. The van der Waals surface area contributed by atoms with Crippen LogP contribution in [0.5, 0.6) is 5.75 Å². The molecule has 2 heterocycles. The molecule has 0 unspecified atom stereocenters. The molecule has 0 amide bonds. The summed E-state index contributed by atoms with van der Waals surface area (Å²) in [7, 11) is -2.76. The molecule has 0 N–H and O–H groups in total. The predicted octanol–water partition coefficient (Wildman–Crippen LogP) is 3.10. The van der Waals surface area contributed by atoms with Gasteiger partial charge >= 0.3 is 6.18 Å². The van der Waals surface area contributed by atoms with Crippen molar-refractivity contribution in [3.63, 3.8) is 0 Å². The highest BCUT2D eigenvalue weighted by Gasteiger charge is 2.34. The Hall–Kier alpha value is -2.81. The van der Waals surface area contributed by atoms with Crippen molar-refractivity contribution < 1.29 is 22.0 Å². The first-order valence-electron chi connectivity index (χ1n) is 8.16. The molecule has 2 aromatic heterocycles. The molecular formula is C15H10ClF3N4O2. The highest BCUT2D eigenvalue weighted by molar-refractivity contribution is 6.30. The van der Waals surface area contributed by atoms with Crippen LogP contribution in [0.25, 0.3) is 11.4 Å². The number of aromatic nitrogens is 4. The molecule has 10 heteroatoms. The van der Waals surface area contributed by atoms with Crippen molar-refractivity contribution >= 4 is 11.6 Å². The van der Waals surface area contributed by atoms with Gasteiger partial charge in [-0.05, 0) is 24.3 Å². The third kappa shape index (κ3) is 3.36. The van der Waals surface area contributed by atoms with Gasteiger partial charge in [0.1, 0.15) is 5.75 Å². The van der Waals surface area contributed by atoms with E-state index in [0.29, 0.717) is 6.20 Å². The molecular weight excluding hydrogens is 361 g/mol. The third-order valence-corrected chi connectivity index (χ3v) is 3.46. The van der Waals surface area contributed by atoms with Crippen LogP contribution >= 0.6 is 11.6 Å². The van der Waals surface area contributed by atoms with E-state index in [4.69, 9.17) is 20.5 Å². The number of hydrogen-bond donors (Lipinski definition) is 0. The molecule has 3 aromatic rings. The lowest BCUT2D eigenvalue weighted by Gasteiger charge is -2.13. The maximum atomic E-state index is 12.8. The van der Waals surface area contributed by atoms with Crippen LogP contribution in [0.4, 0.5) is 13.2 Å². The fraction of sp³-hybridized carbons (Fsp3) is 0.133. The van der Waals surface area contributed by atoms with Crippen LogP contribution in [0, 0.1) is 0 Å². The van der Waals surface area contributed by atoms with Crippen LogP contribution in [0.3, 0.4) is 0 Å². The molecule has 6 nitrogen and oxygen atoms in total. The van der Waals surface area contributed by atoms with Crippen molar-refractivity contribution in [3.05, 3.63) is 63.8 Å². The summed E-state index contributed by atoms with van der Waals surface area (Å²) >= 11 is 5.97. The van der Waals surface area contributed by atoms with Gasteiger partial charge in [-0.15, -0.1) is 5.10 Å². The van der Waals surface area contributed by atoms with Crippen LogP contribution < -0.4 is 10.3 Å². The SMILES string of the molecule is [2H]C([2H])([2H])Oc1ccc(=O)n(-c2cc(Cl)ccc2-n2cc(C(F)(F)F)nn2)c1. The van der Waals surface area contributed by atoms with Crippen LogP contribution in [0.2, 0.25) is 5.02 Å². The molecule has 0 aliphatic carbocycles. The van der Waals surface area contributed by atoms with E-state index in [-0.39, 0.29) is 22.1 Å². The lowest BCUT2D eigenvalue weighted by molar-refractivity contribution is -0.141.